The highest BCUT2D eigenvalue weighted by Crippen LogP contribution is 2.26. The predicted octanol–water partition coefficient (Wildman–Crippen LogP) is 1.12. The van der Waals surface area contributed by atoms with Crippen LogP contribution in [-0.2, 0) is 21.3 Å². The van der Waals surface area contributed by atoms with Crippen molar-refractivity contribution < 1.29 is 27.4 Å². The molecule has 2 aromatic carbocycles. The number of hydrogen-bond donors (Lipinski definition) is 2. The highest BCUT2D eigenvalue weighted by Gasteiger charge is 2.21. The van der Waals surface area contributed by atoms with Crippen LogP contribution in [0.1, 0.15) is 15.9 Å². The van der Waals surface area contributed by atoms with Gasteiger partial charge in [-0.3, -0.25) is 4.79 Å². The number of carbonyl (C=O) groups is 1. The fourth-order valence-corrected chi connectivity index (χ4v) is 3.74. The molecular formula is C20H25N3O6S. The topological polar surface area (TPSA) is 120 Å². The maximum absolute atomic E-state index is 13.0. The van der Waals surface area contributed by atoms with E-state index in [1.807, 2.05) is 4.90 Å². The van der Waals surface area contributed by atoms with Gasteiger partial charge in [-0.15, -0.1) is 0 Å². The molecule has 1 amide bonds. The third kappa shape index (κ3) is 5.21. The van der Waals surface area contributed by atoms with Crippen LogP contribution in [0, 0.1) is 0 Å². The molecule has 1 aliphatic heterocycles. The summed E-state index contributed by atoms with van der Waals surface area (Å²) in [4.78, 5) is 14.9. The minimum Gasteiger partial charge on any atom is -0.497 e. The summed E-state index contributed by atoms with van der Waals surface area (Å²) in [5, 5.41) is 8.09. The highest BCUT2D eigenvalue weighted by atomic mass is 32.2. The SMILES string of the molecule is COc1cc(CNC(=O)c2cc(S(N)(=O)=O)ccc2N2CCOCC2)cc(OC)c1. The molecule has 3 rings (SSSR count). The molecule has 0 saturated carbocycles. The van der Waals surface area contributed by atoms with Crippen molar-refractivity contribution >= 4 is 21.6 Å². The van der Waals surface area contributed by atoms with Gasteiger partial charge >= 0.3 is 0 Å². The molecule has 1 fully saturated rings. The van der Waals surface area contributed by atoms with E-state index in [1.54, 1.807) is 38.5 Å². The Hall–Kier alpha value is -2.82. The van der Waals surface area contributed by atoms with Gasteiger partial charge < -0.3 is 24.4 Å². The van der Waals surface area contributed by atoms with Crippen LogP contribution in [-0.4, -0.2) is 54.8 Å². The largest absolute Gasteiger partial charge is 0.497 e. The summed E-state index contributed by atoms with van der Waals surface area (Å²) in [7, 11) is -0.855. The number of benzene rings is 2. The Balaban J connectivity index is 1.88. The van der Waals surface area contributed by atoms with Gasteiger partial charge in [-0.25, -0.2) is 13.6 Å². The Kier molecular flexibility index (Phi) is 6.80. The van der Waals surface area contributed by atoms with Crippen molar-refractivity contribution in [3.05, 3.63) is 47.5 Å². The quantitative estimate of drug-likeness (QED) is 0.669. The lowest BCUT2D eigenvalue weighted by Crippen LogP contribution is -2.38. The van der Waals surface area contributed by atoms with Crippen molar-refractivity contribution in [2.45, 2.75) is 11.4 Å². The van der Waals surface area contributed by atoms with E-state index in [0.29, 0.717) is 43.5 Å². The second kappa shape index (κ2) is 9.33. The zero-order chi connectivity index (χ0) is 21.7. The number of carbonyl (C=O) groups excluding carboxylic acids is 1. The summed E-state index contributed by atoms with van der Waals surface area (Å²) in [6, 6.07) is 9.62. The molecule has 10 heteroatoms. The predicted molar refractivity (Wildman–Crippen MR) is 112 cm³/mol. The molecule has 1 aliphatic rings. The molecule has 0 spiro atoms. The van der Waals surface area contributed by atoms with E-state index in [9.17, 15) is 13.2 Å². The molecule has 162 valence electrons. The second-order valence-corrected chi connectivity index (χ2v) is 8.29. The number of nitrogens with zero attached hydrogens (tertiary/aromatic N) is 1. The molecule has 0 aliphatic carbocycles. The smallest absolute Gasteiger partial charge is 0.253 e. The van der Waals surface area contributed by atoms with Crippen molar-refractivity contribution in [3.8, 4) is 11.5 Å². The van der Waals surface area contributed by atoms with Crippen LogP contribution in [0.15, 0.2) is 41.3 Å². The zero-order valence-electron chi connectivity index (χ0n) is 16.9. The first-order valence-corrected chi connectivity index (χ1v) is 10.9. The van der Waals surface area contributed by atoms with Crippen LogP contribution in [0.3, 0.4) is 0 Å². The van der Waals surface area contributed by atoms with Crippen molar-refractivity contribution in [3.63, 3.8) is 0 Å². The van der Waals surface area contributed by atoms with Gasteiger partial charge in [0.15, 0.2) is 0 Å². The maximum atomic E-state index is 13.0. The summed E-state index contributed by atoms with van der Waals surface area (Å²) in [5.74, 6) is 0.788. The number of nitrogens with two attached hydrogens (primary N) is 1. The van der Waals surface area contributed by atoms with Crippen molar-refractivity contribution in [1.82, 2.24) is 5.32 Å². The van der Waals surface area contributed by atoms with E-state index in [4.69, 9.17) is 19.3 Å². The molecule has 1 heterocycles. The number of sulfonamides is 1. The molecule has 0 bridgehead atoms. The first-order valence-electron chi connectivity index (χ1n) is 9.31. The van der Waals surface area contributed by atoms with Gasteiger partial charge in [0.2, 0.25) is 10.0 Å². The van der Waals surface area contributed by atoms with Gasteiger partial charge in [0.25, 0.3) is 5.91 Å². The molecule has 3 N–H and O–H groups in total. The number of ether oxygens (including phenoxy) is 3. The van der Waals surface area contributed by atoms with Crippen LogP contribution in [0.25, 0.3) is 0 Å². The standard InChI is InChI=1S/C20H25N3O6S/c1-27-15-9-14(10-16(11-15)28-2)13-22-20(24)18-12-17(30(21,25)26)3-4-19(18)23-5-7-29-8-6-23/h3-4,9-12H,5-8,13H2,1-2H3,(H,22,24)(H2,21,25,26). The Bertz CT molecular complexity index is 997. The fourth-order valence-electron chi connectivity index (χ4n) is 3.20. The number of morpholine rings is 1. The normalized spacial score (nSPS) is 14.3. The number of hydrogen-bond acceptors (Lipinski definition) is 7. The van der Waals surface area contributed by atoms with Crippen molar-refractivity contribution in [2.24, 2.45) is 5.14 Å². The number of methoxy groups -OCH3 is 2. The van der Waals surface area contributed by atoms with E-state index in [0.717, 1.165) is 5.56 Å². The van der Waals surface area contributed by atoms with Crippen molar-refractivity contribution in [2.75, 3.05) is 45.4 Å². The first kappa shape index (κ1) is 21.9. The van der Waals surface area contributed by atoms with E-state index in [1.165, 1.54) is 12.1 Å². The molecule has 9 nitrogen and oxygen atoms in total. The third-order valence-corrected chi connectivity index (χ3v) is 5.67. The van der Waals surface area contributed by atoms with Gasteiger partial charge in [-0.05, 0) is 35.9 Å². The lowest BCUT2D eigenvalue weighted by Gasteiger charge is -2.30. The summed E-state index contributed by atoms with van der Waals surface area (Å²) in [6.07, 6.45) is 0. The Labute approximate surface area is 175 Å². The minimum atomic E-state index is -3.95. The Morgan fingerprint density at radius 3 is 2.30 bits per heavy atom. The van der Waals surface area contributed by atoms with Gasteiger partial charge in [0, 0.05) is 31.4 Å². The van der Waals surface area contributed by atoms with E-state index < -0.39 is 15.9 Å². The van der Waals surface area contributed by atoms with Crippen LogP contribution in [0.2, 0.25) is 0 Å². The van der Waals surface area contributed by atoms with E-state index in [2.05, 4.69) is 5.32 Å². The molecule has 0 aromatic heterocycles. The molecule has 0 unspecified atom stereocenters. The molecule has 2 aromatic rings. The Morgan fingerprint density at radius 2 is 1.73 bits per heavy atom. The molecule has 1 saturated heterocycles. The second-order valence-electron chi connectivity index (χ2n) is 6.73. The maximum Gasteiger partial charge on any atom is 0.253 e. The van der Waals surface area contributed by atoms with E-state index in [-0.39, 0.29) is 17.0 Å². The molecule has 0 radical (unpaired) electrons. The average molecular weight is 436 g/mol. The van der Waals surface area contributed by atoms with Gasteiger partial charge in [-0.2, -0.15) is 0 Å². The zero-order valence-corrected chi connectivity index (χ0v) is 17.7. The highest BCUT2D eigenvalue weighted by molar-refractivity contribution is 7.89. The third-order valence-electron chi connectivity index (χ3n) is 4.76. The van der Waals surface area contributed by atoms with Gasteiger partial charge in [0.05, 0.1) is 37.9 Å². The van der Waals surface area contributed by atoms with Crippen LogP contribution >= 0.6 is 0 Å². The number of anilines is 1. The minimum absolute atomic E-state index is 0.118. The molecule has 30 heavy (non-hydrogen) atoms. The van der Waals surface area contributed by atoms with Gasteiger partial charge in [0.1, 0.15) is 11.5 Å². The lowest BCUT2D eigenvalue weighted by atomic mass is 10.1. The monoisotopic (exact) mass is 435 g/mol. The van der Waals surface area contributed by atoms with Crippen LogP contribution < -0.4 is 24.8 Å². The molecular weight excluding hydrogens is 410 g/mol. The number of amides is 1. The van der Waals surface area contributed by atoms with Gasteiger partial charge in [-0.1, -0.05) is 0 Å². The summed E-state index contributed by atoms with van der Waals surface area (Å²) < 4.78 is 39.5. The Morgan fingerprint density at radius 1 is 1.10 bits per heavy atom. The fraction of sp³-hybridized carbons (Fsp3) is 0.350. The van der Waals surface area contributed by atoms with E-state index >= 15 is 0 Å². The van der Waals surface area contributed by atoms with Crippen LogP contribution in [0.5, 0.6) is 11.5 Å². The summed E-state index contributed by atoms with van der Waals surface area (Å²) in [5.41, 5.74) is 1.64. The van der Waals surface area contributed by atoms with Crippen LogP contribution in [0.4, 0.5) is 5.69 Å². The van der Waals surface area contributed by atoms with Crippen molar-refractivity contribution in [1.29, 1.82) is 0 Å². The summed E-state index contributed by atoms with van der Waals surface area (Å²) in [6.45, 7) is 2.46. The average Bonchev–Trinajstić information content (AvgIpc) is 2.76. The first-order chi connectivity index (χ1) is 14.3. The number of rotatable bonds is 7. The lowest BCUT2D eigenvalue weighted by molar-refractivity contribution is 0.0949. The number of nitrogens with one attached hydrogen (secondary N) is 1. The number of primary sulfonamides is 1. The molecule has 0 atom stereocenters. The summed E-state index contributed by atoms with van der Waals surface area (Å²) >= 11 is 0.